The number of benzene rings is 1. The summed E-state index contributed by atoms with van der Waals surface area (Å²) in [6, 6.07) is 11.1. The molecule has 1 amide bonds. The van der Waals surface area contributed by atoms with E-state index in [1.165, 1.54) is 11.3 Å². The summed E-state index contributed by atoms with van der Waals surface area (Å²) >= 11 is 1.40. The average molecular weight is 386 g/mol. The summed E-state index contributed by atoms with van der Waals surface area (Å²) in [7, 11) is 3.22. The maximum absolute atomic E-state index is 12.5. The number of aromatic nitrogens is 1. The number of carbonyl (C=O) groups excluding carboxylic acids is 1. The van der Waals surface area contributed by atoms with Gasteiger partial charge in [-0.1, -0.05) is 5.16 Å². The van der Waals surface area contributed by atoms with Crippen molar-refractivity contribution in [3.63, 3.8) is 0 Å². The molecule has 0 bridgehead atoms. The fourth-order valence-electron chi connectivity index (χ4n) is 2.78. The summed E-state index contributed by atoms with van der Waals surface area (Å²) in [5, 5.41) is 4.17. The molecule has 0 spiro atoms. The molecule has 0 atom stereocenters. The minimum atomic E-state index is 0.0328. The van der Waals surface area contributed by atoms with Gasteiger partial charge in [0.15, 0.2) is 5.76 Å². The fraction of sp³-hybridized carbons (Fsp3) is 0.300. The van der Waals surface area contributed by atoms with Gasteiger partial charge >= 0.3 is 0 Å². The molecule has 1 aromatic carbocycles. The van der Waals surface area contributed by atoms with E-state index in [4.69, 9.17) is 14.0 Å². The number of rotatable bonds is 7. The van der Waals surface area contributed by atoms with E-state index in [0.29, 0.717) is 40.9 Å². The topological polar surface area (TPSA) is 64.8 Å². The minimum absolute atomic E-state index is 0.0328. The Morgan fingerprint density at radius 3 is 2.56 bits per heavy atom. The maximum atomic E-state index is 12.5. The number of nitrogens with zero attached hydrogens (tertiary/aromatic N) is 2. The van der Waals surface area contributed by atoms with E-state index in [9.17, 15) is 4.79 Å². The highest BCUT2D eigenvalue weighted by Gasteiger charge is 2.18. The largest absolute Gasteiger partial charge is 0.497 e. The lowest BCUT2D eigenvalue weighted by Gasteiger charge is -2.17. The van der Waals surface area contributed by atoms with Crippen molar-refractivity contribution in [2.45, 2.75) is 13.8 Å². The van der Waals surface area contributed by atoms with Gasteiger partial charge in [0.05, 0.1) is 24.0 Å². The number of carbonyl (C=O) groups is 1. The molecule has 2 aromatic heterocycles. The number of ether oxygens (including phenoxy) is 2. The van der Waals surface area contributed by atoms with Crippen molar-refractivity contribution in [3.05, 3.63) is 41.3 Å². The Balaban J connectivity index is 1.90. The molecule has 3 rings (SSSR count). The normalized spacial score (nSPS) is 10.7. The summed E-state index contributed by atoms with van der Waals surface area (Å²) in [6.07, 6.45) is 0. The Morgan fingerprint density at radius 1 is 1.11 bits per heavy atom. The second-order valence-corrected chi connectivity index (χ2v) is 6.87. The molecule has 6 nitrogen and oxygen atoms in total. The number of methoxy groups -OCH3 is 2. The SMILES string of the molecule is CCN(CC)C(=O)c1ccc(-c2cc(-c3cc(OC)ccc3OC)no2)s1. The van der Waals surface area contributed by atoms with E-state index in [1.807, 2.05) is 50.2 Å². The van der Waals surface area contributed by atoms with E-state index in [2.05, 4.69) is 5.16 Å². The van der Waals surface area contributed by atoms with Crippen molar-refractivity contribution in [2.24, 2.45) is 0 Å². The van der Waals surface area contributed by atoms with Gasteiger partial charge in [-0.2, -0.15) is 0 Å². The van der Waals surface area contributed by atoms with Crippen molar-refractivity contribution in [1.82, 2.24) is 10.1 Å². The molecule has 3 aromatic rings. The van der Waals surface area contributed by atoms with E-state index in [-0.39, 0.29) is 5.91 Å². The molecule has 0 aliphatic carbocycles. The van der Waals surface area contributed by atoms with Gasteiger partial charge in [0, 0.05) is 24.7 Å². The first-order chi connectivity index (χ1) is 13.1. The van der Waals surface area contributed by atoms with Crippen LogP contribution in [0.15, 0.2) is 40.9 Å². The first kappa shape index (κ1) is 19.0. The first-order valence-electron chi connectivity index (χ1n) is 8.69. The van der Waals surface area contributed by atoms with E-state index < -0.39 is 0 Å². The van der Waals surface area contributed by atoms with Crippen LogP contribution in [0.1, 0.15) is 23.5 Å². The predicted molar refractivity (Wildman–Crippen MR) is 106 cm³/mol. The number of thiophene rings is 1. The second-order valence-electron chi connectivity index (χ2n) is 5.78. The third kappa shape index (κ3) is 3.83. The molecule has 0 aliphatic rings. The van der Waals surface area contributed by atoms with Crippen LogP contribution in [0.5, 0.6) is 11.5 Å². The second kappa shape index (κ2) is 8.26. The van der Waals surface area contributed by atoms with Gasteiger partial charge in [-0.15, -0.1) is 11.3 Å². The van der Waals surface area contributed by atoms with Crippen LogP contribution >= 0.6 is 11.3 Å². The molecule has 0 radical (unpaired) electrons. The number of amides is 1. The Morgan fingerprint density at radius 2 is 1.89 bits per heavy atom. The smallest absolute Gasteiger partial charge is 0.263 e. The summed E-state index contributed by atoms with van der Waals surface area (Å²) in [4.78, 5) is 15.8. The Hall–Kier alpha value is -2.80. The zero-order valence-electron chi connectivity index (χ0n) is 15.8. The van der Waals surface area contributed by atoms with E-state index >= 15 is 0 Å². The van der Waals surface area contributed by atoms with E-state index in [0.717, 1.165) is 10.4 Å². The molecule has 7 heteroatoms. The van der Waals surface area contributed by atoms with Crippen molar-refractivity contribution < 1.29 is 18.8 Å². The minimum Gasteiger partial charge on any atom is -0.497 e. The van der Waals surface area contributed by atoms with Gasteiger partial charge in [-0.05, 0) is 44.2 Å². The van der Waals surface area contributed by atoms with Gasteiger partial charge < -0.3 is 18.9 Å². The summed E-state index contributed by atoms with van der Waals surface area (Å²) in [5.74, 6) is 2.03. The van der Waals surface area contributed by atoms with Crippen LogP contribution < -0.4 is 9.47 Å². The molecular weight excluding hydrogens is 364 g/mol. The third-order valence-electron chi connectivity index (χ3n) is 4.30. The fourth-order valence-corrected chi connectivity index (χ4v) is 3.71. The highest BCUT2D eigenvalue weighted by molar-refractivity contribution is 7.17. The molecule has 2 heterocycles. The van der Waals surface area contributed by atoms with Crippen LogP contribution in [0.2, 0.25) is 0 Å². The van der Waals surface area contributed by atoms with Gasteiger partial charge in [0.1, 0.15) is 17.2 Å². The standard InChI is InChI=1S/C20H22N2O4S/c1-5-22(6-2)20(23)19-10-9-18(27-19)17-12-15(21-26-17)14-11-13(24-3)7-8-16(14)25-4/h7-12H,5-6H2,1-4H3. The van der Waals surface area contributed by atoms with Crippen LogP contribution in [-0.2, 0) is 0 Å². The molecule has 0 N–H and O–H groups in total. The lowest BCUT2D eigenvalue weighted by molar-refractivity contribution is 0.0778. The molecule has 0 fully saturated rings. The average Bonchev–Trinajstić information content (AvgIpc) is 3.37. The molecule has 0 unspecified atom stereocenters. The van der Waals surface area contributed by atoms with Crippen LogP contribution in [0.4, 0.5) is 0 Å². The number of hydrogen-bond acceptors (Lipinski definition) is 6. The molecule has 142 valence electrons. The van der Waals surface area contributed by atoms with Crippen molar-refractivity contribution in [1.29, 1.82) is 0 Å². The lowest BCUT2D eigenvalue weighted by atomic mass is 10.1. The molecule has 0 saturated carbocycles. The quantitative estimate of drug-likeness (QED) is 0.595. The predicted octanol–water partition coefficient (Wildman–Crippen LogP) is 4.57. The third-order valence-corrected chi connectivity index (χ3v) is 5.39. The first-order valence-corrected chi connectivity index (χ1v) is 9.51. The van der Waals surface area contributed by atoms with Gasteiger partial charge in [0.2, 0.25) is 0 Å². The van der Waals surface area contributed by atoms with Crippen LogP contribution in [0, 0.1) is 0 Å². The molecule has 27 heavy (non-hydrogen) atoms. The van der Waals surface area contributed by atoms with Crippen molar-refractivity contribution >= 4 is 17.2 Å². The Kier molecular flexibility index (Phi) is 5.81. The summed E-state index contributed by atoms with van der Waals surface area (Å²) in [5.41, 5.74) is 1.42. The van der Waals surface area contributed by atoms with Crippen LogP contribution in [-0.4, -0.2) is 43.3 Å². The Labute approximate surface area is 162 Å². The highest BCUT2D eigenvalue weighted by atomic mass is 32.1. The van der Waals surface area contributed by atoms with Gasteiger partial charge in [-0.25, -0.2) is 0 Å². The van der Waals surface area contributed by atoms with Crippen molar-refractivity contribution in [3.8, 4) is 33.4 Å². The van der Waals surface area contributed by atoms with Crippen LogP contribution in [0.3, 0.4) is 0 Å². The Bertz CT molecular complexity index is 928. The van der Waals surface area contributed by atoms with Crippen molar-refractivity contribution in [2.75, 3.05) is 27.3 Å². The lowest BCUT2D eigenvalue weighted by Crippen LogP contribution is -2.29. The highest BCUT2D eigenvalue weighted by Crippen LogP contribution is 2.36. The summed E-state index contributed by atoms with van der Waals surface area (Å²) in [6.45, 7) is 5.32. The van der Waals surface area contributed by atoms with Gasteiger partial charge in [0.25, 0.3) is 5.91 Å². The van der Waals surface area contributed by atoms with Gasteiger partial charge in [-0.3, -0.25) is 4.79 Å². The zero-order chi connectivity index (χ0) is 19.4. The molecule has 0 saturated heterocycles. The monoisotopic (exact) mass is 386 g/mol. The van der Waals surface area contributed by atoms with Crippen LogP contribution in [0.25, 0.3) is 21.9 Å². The summed E-state index contributed by atoms with van der Waals surface area (Å²) < 4.78 is 16.2. The molecule has 0 aliphatic heterocycles. The van der Waals surface area contributed by atoms with E-state index in [1.54, 1.807) is 19.1 Å². The molecular formula is C20H22N2O4S. The maximum Gasteiger partial charge on any atom is 0.263 e. The zero-order valence-corrected chi connectivity index (χ0v) is 16.6. The number of hydrogen-bond donors (Lipinski definition) is 0.